The van der Waals surface area contributed by atoms with E-state index in [1.54, 1.807) is 0 Å². The first-order valence-electron chi connectivity index (χ1n) is 9.27. The molecule has 0 aromatic heterocycles. The lowest BCUT2D eigenvalue weighted by Gasteiger charge is -2.16. The number of fused-ring (bicyclic) bond motifs is 6. The number of anilines is 1. The summed E-state index contributed by atoms with van der Waals surface area (Å²) >= 11 is 5.93. The van der Waals surface area contributed by atoms with Crippen molar-refractivity contribution in [3.05, 3.63) is 76.1 Å². The Morgan fingerprint density at radius 1 is 1.10 bits per heavy atom. The minimum Gasteiger partial charge on any atom is -0.505 e. The normalized spacial score (nSPS) is 15.3. The first-order valence-corrected chi connectivity index (χ1v) is 11.1. The van der Waals surface area contributed by atoms with Gasteiger partial charge in [-0.05, 0) is 47.9 Å². The van der Waals surface area contributed by atoms with E-state index in [-0.39, 0.29) is 22.9 Å². The summed E-state index contributed by atoms with van der Waals surface area (Å²) in [5, 5.41) is 9.84. The molecule has 1 heterocycles. The summed E-state index contributed by atoms with van der Waals surface area (Å²) in [4.78, 5) is 11.8. The van der Waals surface area contributed by atoms with Gasteiger partial charge in [-0.25, -0.2) is 17.6 Å². The second kappa shape index (κ2) is 7.86. The summed E-state index contributed by atoms with van der Waals surface area (Å²) in [6.07, 6.45) is 0.389. The van der Waals surface area contributed by atoms with E-state index in [0.29, 0.717) is 12.0 Å². The maximum absolute atomic E-state index is 14.5. The van der Waals surface area contributed by atoms with Crippen LogP contribution in [0.3, 0.4) is 0 Å². The number of phenolic OH excluding ortho intramolecular Hbond substituents is 1. The lowest BCUT2D eigenvalue weighted by atomic mass is 9.95. The summed E-state index contributed by atoms with van der Waals surface area (Å²) < 4.78 is 47.8. The Morgan fingerprint density at radius 3 is 2.65 bits per heavy atom. The fraction of sp³-hybridized carbons (Fsp3) is 0.136. The molecular formula is C22H17ClFNO5S. The van der Waals surface area contributed by atoms with Gasteiger partial charge in [-0.1, -0.05) is 41.4 Å². The molecule has 0 fully saturated rings. The Hall–Kier alpha value is -3.10. The number of phenols is 1. The molecule has 3 aromatic carbocycles. The molecule has 4 bridgehead atoms. The third-order valence-corrected chi connectivity index (χ3v) is 6.61. The highest BCUT2D eigenvalue weighted by Gasteiger charge is 2.26. The zero-order chi connectivity index (χ0) is 22.3. The van der Waals surface area contributed by atoms with Crippen molar-refractivity contribution < 1.29 is 27.4 Å². The first kappa shape index (κ1) is 21.1. The molecule has 0 atom stereocenters. The minimum absolute atomic E-state index is 0.0299. The Kier molecular flexibility index (Phi) is 5.36. The predicted octanol–water partition coefficient (Wildman–Crippen LogP) is 4.67. The number of hydrogen-bond acceptors (Lipinski definition) is 5. The molecule has 1 aliphatic rings. The van der Waals surface area contributed by atoms with E-state index in [2.05, 4.69) is 4.72 Å². The van der Waals surface area contributed by atoms with Gasteiger partial charge in [0.25, 0.3) is 10.0 Å². The van der Waals surface area contributed by atoms with E-state index in [1.807, 2.05) is 25.1 Å². The molecule has 3 aromatic rings. The molecule has 0 saturated heterocycles. The fourth-order valence-electron chi connectivity index (χ4n) is 3.42. The van der Waals surface area contributed by atoms with E-state index < -0.39 is 32.5 Å². The topological polar surface area (TPSA) is 92.7 Å². The highest BCUT2D eigenvalue weighted by molar-refractivity contribution is 7.92. The molecule has 0 radical (unpaired) electrons. The van der Waals surface area contributed by atoms with Crippen LogP contribution in [-0.2, 0) is 21.2 Å². The number of cyclic esters (lactones) is 1. The van der Waals surface area contributed by atoms with Crippen molar-refractivity contribution in [3.8, 4) is 16.9 Å². The fourth-order valence-corrected chi connectivity index (χ4v) is 4.89. The number of nitrogens with one attached hydrogen (secondary N) is 1. The van der Waals surface area contributed by atoms with Gasteiger partial charge in [0, 0.05) is 6.42 Å². The lowest BCUT2D eigenvalue weighted by Crippen LogP contribution is -2.16. The van der Waals surface area contributed by atoms with Crippen molar-refractivity contribution >= 4 is 33.3 Å². The Labute approximate surface area is 183 Å². The molecule has 2 N–H and O–H groups in total. The standard InChI is InChI=1S/C22H17ClFNO5S/c1-12-2-4-16-13-3-5-18(24)19(10-13)25-31(28,29)20-11-15(9-17(23)21(20)26)22(27)30-7-6-14(16)8-12/h2-5,8-11,25-26H,6-7H2,1H3. The van der Waals surface area contributed by atoms with Crippen molar-refractivity contribution in [2.45, 2.75) is 18.2 Å². The van der Waals surface area contributed by atoms with Crippen LogP contribution in [0.5, 0.6) is 5.75 Å². The summed E-state index contributed by atoms with van der Waals surface area (Å²) in [6.45, 7) is 1.95. The molecule has 0 aliphatic carbocycles. The summed E-state index contributed by atoms with van der Waals surface area (Å²) in [6, 6.07) is 11.8. The maximum atomic E-state index is 14.5. The zero-order valence-electron chi connectivity index (χ0n) is 16.3. The van der Waals surface area contributed by atoms with Crippen molar-refractivity contribution in [1.29, 1.82) is 0 Å². The smallest absolute Gasteiger partial charge is 0.338 e. The molecule has 0 amide bonds. The van der Waals surface area contributed by atoms with Crippen LogP contribution in [0.1, 0.15) is 21.5 Å². The van der Waals surface area contributed by atoms with Crippen LogP contribution in [-0.4, -0.2) is 26.1 Å². The number of halogens is 2. The Balaban J connectivity index is 1.94. The first-order chi connectivity index (χ1) is 14.7. The average molecular weight is 462 g/mol. The van der Waals surface area contributed by atoms with E-state index in [0.717, 1.165) is 34.9 Å². The summed E-state index contributed by atoms with van der Waals surface area (Å²) in [5.41, 5.74) is 2.72. The van der Waals surface area contributed by atoms with Gasteiger partial charge in [0.15, 0.2) is 5.75 Å². The monoisotopic (exact) mass is 461 g/mol. The highest BCUT2D eigenvalue weighted by atomic mass is 35.5. The summed E-state index contributed by atoms with van der Waals surface area (Å²) in [5.74, 6) is -2.35. The van der Waals surface area contributed by atoms with Crippen LogP contribution in [0.15, 0.2) is 53.4 Å². The van der Waals surface area contributed by atoms with Crippen LogP contribution in [0.25, 0.3) is 11.1 Å². The van der Waals surface area contributed by atoms with Crippen molar-refractivity contribution in [3.63, 3.8) is 0 Å². The van der Waals surface area contributed by atoms with Crippen molar-refractivity contribution in [2.75, 3.05) is 11.3 Å². The lowest BCUT2D eigenvalue weighted by molar-refractivity contribution is 0.0509. The van der Waals surface area contributed by atoms with Crippen LogP contribution in [0.2, 0.25) is 5.02 Å². The summed E-state index contributed by atoms with van der Waals surface area (Å²) in [7, 11) is -4.48. The van der Waals surface area contributed by atoms with Crippen LogP contribution in [0, 0.1) is 12.7 Å². The Morgan fingerprint density at radius 2 is 1.87 bits per heavy atom. The predicted molar refractivity (Wildman–Crippen MR) is 114 cm³/mol. The van der Waals surface area contributed by atoms with E-state index in [4.69, 9.17) is 16.3 Å². The van der Waals surface area contributed by atoms with Crippen LogP contribution in [0.4, 0.5) is 10.1 Å². The van der Waals surface area contributed by atoms with Crippen LogP contribution >= 0.6 is 11.6 Å². The van der Waals surface area contributed by atoms with Crippen molar-refractivity contribution in [1.82, 2.24) is 0 Å². The number of ether oxygens (including phenoxy) is 1. The molecule has 4 rings (SSSR count). The van der Waals surface area contributed by atoms with E-state index >= 15 is 0 Å². The van der Waals surface area contributed by atoms with Gasteiger partial charge in [0.1, 0.15) is 10.7 Å². The van der Waals surface area contributed by atoms with E-state index in [1.165, 1.54) is 12.1 Å². The number of esters is 1. The molecule has 0 spiro atoms. The number of hydrogen-bond donors (Lipinski definition) is 2. The molecule has 6 nitrogen and oxygen atoms in total. The molecular weight excluding hydrogens is 445 g/mol. The molecule has 9 heteroatoms. The Bertz CT molecular complexity index is 1320. The van der Waals surface area contributed by atoms with E-state index in [9.17, 15) is 22.7 Å². The average Bonchev–Trinajstić information content (AvgIpc) is 2.71. The SMILES string of the molecule is Cc1ccc2c(c1)CCOC(=O)c1cc(Cl)c(O)c(c1)S(=O)(=O)Nc1cc-2ccc1F. The second-order valence-electron chi connectivity index (χ2n) is 7.15. The number of benzene rings is 3. The molecule has 160 valence electrons. The number of aryl methyl sites for hydroxylation is 1. The van der Waals surface area contributed by atoms with Gasteiger partial charge in [-0.15, -0.1) is 0 Å². The molecule has 0 unspecified atom stereocenters. The van der Waals surface area contributed by atoms with Crippen LogP contribution < -0.4 is 4.72 Å². The van der Waals surface area contributed by atoms with Gasteiger partial charge in [-0.3, -0.25) is 4.72 Å². The van der Waals surface area contributed by atoms with Gasteiger partial charge >= 0.3 is 5.97 Å². The number of sulfonamides is 1. The number of carbonyl (C=O) groups is 1. The highest BCUT2D eigenvalue weighted by Crippen LogP contribution is 2.35. The van der Waals surface area contributed by atoms with Gasteiger partial charge in [0.2, 0.25) is 0 Å². The number of carbonyl (C=O) groups excluding carboxylic acids is 1. The van der Waals surface area contributed by atoms with Crippen molar-refractivity contribution in [2.24, 2.45) is 0 Å². The van der Waals surface area contributed by atoms with Gasteiger partial charge in [0.05, 0.1) is 22.9 Å². The molecule has 0 saturated carbocycles. The third kappa shape index (κ3) is 4.08. The van der Waals surface area contributed by atoms with Gasteiger partial charge < -0.3 is 9.84 Å². The number of rotatable bonds is 0. The second-order valence-corrected chi connectivity index (χ2v) is 9.21. The minimum atomic E-state index is -4.48. The molecule has 31 heavy (non-hydrogen) atoms. The maximum Gasteiger partial charge on any atom is 0.338 e. The third-order valence-electron chi connectivity index (χ3n) is 4.94. The largest absolute Gasteiger partial charge is 0.505 e. The van der Waals surface area contributed by atoms with Gasteiger partial charge in [-0.2, -0.15) is 0 Å². The number of aromatic hydroxyl groups is 1. The zero-order valence-corrected chi connectivity index (χ0v) is 17.8. The molecule has 1 aliphatic heterocycles. The quantitative estimate of drug-likeness (QED) is 0.474.